The van der Waals surface area contributed by atoms with Crippen LogP contribution in [-0.2, 0) is 15.8 Å². The van der Waals surface area contributed by atoms with E-state index < -0.39 is 11.1 Å². The molecule has 2 aliphatic rings. The molecule has 4 aromatic carbocycles. The zero-order valence-electron chi connectivity index (χ0n) is 39.7. The minimum absolute atomic E-state index is 0. The van der Waals surface area contributed by atoms with E-state index in [1.807, 2.05) is 87.5 Å². The van der Waals surface area contributed by atoms with E-state index in [9.17, 15) is 4.79 Å². The summed E-state index contributed by atoms with van der Waals surface area (Å²) in [7, 11) is 0. The lowest BCUT2D eigenvalue weighted by Gasteiger charge is -2.43. The molecule has 0 bridgehead atoms. The fraction of sp³-hybridized carbons (Fsp3) is 0.246. The monoisotopic (exact) mass is 1060 g/mol. The summed E-state index contributed by atoms with van der Waals surface area (Å²) in [5, 5.41) is 26.5. The van der Waals surface area contributed by atoms with Gasteiger partial charge in [-0.1, -0.05) is 124 Å². The number of carbonyl (C=O) groups is 1. The lowest BCUT2D eigenvalue weighted by molar-refractivity contribution is 0.0377. The van der Waals surface area contributed by atoms with E-state index >= 15 is 0 Å². The molecule has 0 unspecified atom stereocenters. The molecule has 10 N–H and O–H groups in total. The van der Waals surface area contributed by atoms with Gasteiger partial charge in [0, 0.05) is 43.7 Å². The Morgan fingerprint density at radius 2 is 1.21 bits per heavy atom. The van der Waals surface area contributed by atoms with Gasteiger partial charge in [0.1, 0.15) is 21.9 Å². The molecule has 378 valence electrons. The highest BCUT2D eigenvalue weighted by atomic mass is 79.9. The first-order valence-corrected chi connectivity index (χ1v) is 23.8. The summed E-state index contributed by atoms with van der Waals surface area (Å²) in [6, 6.07) is 48.1. The van der Waals surface area contributed by atoms with Crippen LogP contribution in [0.15, 0.2) is 146 Å². The van der Waals surface area contributed by atoms with Gasteiger partial charge >= 0.3 is 6.09 Å². The Morgan fingerprint density at radius 1 is 0.712 bits per heavy atom. The molecule has 2 saturated carbocycles. The summed E-state index contributed by atoms with van der Waals surface area (Å²) >= 11 is 2.45. The molecule has 4 aromatic heterocycles. The molecule has 2 aliphatic carbocycles. The number of rotatable bonds is 8. The standard InChI is InChI=1S/C29H31N5O2.C25H24N6.CBrN.2CH4.ClH/c1-28(2,3)36-27(35)33-29(16-7-17-29)21-12-10-20(11-13-21)26-22(19-8-5-4-6-9-19)18-24-23(32-26)14-15-25(31-24)34-30;26-22-12-11-20-21(31(22)24(27)28)15-19(16-5-2-1-3-6-16)23(30-20)17-7-9-18(10-8-17)25(29)13-4-14-25;2-1-3;;;/h4-6,8-15,18H,7,16-17,30H2,1-3H3,(H,31,34)(H,33,35);1-3,5-12,15,26H,4,13-14,29H2,(H3,27,28);;2*1H4;1H. The molecule has 0 atom stereocenters. The number of hydrogen-bond acceptors (Lipinski definition) is 11. The second-order valence-corrected chi connectivity index (χ2v) is 18.9. The molecule has 16 heteroatoms. The van der Waals surface area contributed by atoms with Crippen molar-refractivity contribution in [3.05, 3.63) is 162 Å². The number of nitrogens with one attached hydrogen (secondary N) is 4. The highest BCUT2D eigenvalue weighted by Gasteiger charge is 2.41. The molecular formula is C57H64BrClN12O2. The fourth-order valence-electron chi connectivity index (χ4n) is 8.96. The maximum atomic E-state index is 12.5. The largest absolute Gasteiger partial charge is 0.444 e. The Balaban J connectivity index is 0.000000249. The first-order chi connectivity index (χ1) is 33.6. The number of nitrogens with two attached hydrogens (primary N) is 3. The molecule has 10 rings (SSSR count). The maximum absolute atomic E-state index is 12.5. The number of ether oxygens (including phenoxy) is 1. The number of carbonyl (C=O) groups excluding carboxylic acids is 1. The zero-order chi connectivity index (χ0) is 49.6. The molecule has 0 spiro atoms. The lowest BCUT2D eigenvalue weighted by atomic mass is 9.71. The number of benzene rings is 4. The second-order valence-electron chi connectivity index (χ2n) is 18.5. The van der Waals surface area contributed by atoms with E-state index in [0.717, 1.165) is 99.0 Å². The zero-order valence-corrected chi connectivity index (χ0v) is 42.1. The third-order valence-corrected chi connectivity index (χ3v) is 12.8. The van der Waals surface area contributed by atoms with Crippen molar-refractivity contribution in [1.82, 2.24) is 24.8 Å². The number of halogens is 2. The van der Waals surface area contributed by atoms with Gasteiger partial charge < -0.3 is 26.9 Å². The molecule has 73 heavy (non-hydrogen) atoms. The number of pyridine rings is 4. The van der Waals surface area contributed by atoms with Crippen LogP contribution in [-0.4, -0.2) is 37.2 Å². The Bertz CT molecular complexity index is 3290. The van der Waals surface area contributed by atoms with Crippen LogP contribution in [0.1, 0.15) is 85.3 Å². The van der Waals surface area contributed by atoms with Crippen LogP contribution in [0, 0.1) is 21.1 Å². The summed E-state index contributed by atoms with van der Waals surface area (Å²) in [6.45, 7) is 5.62. The van der Waals surface area contributed by atoms with Crippen molar-refractivity contribution in [2.24, 2.45) is 17.3 Å². The Labute approximate surface area is 442 Å². The van der Waals surface area contributed by atoms with Crippen molar-refractivity contribution < 1.29 is 9.53 Å². The van der Waals surface area contributed by atoms with Crippen molar-refractivity contribution in [1.29, 1.82) is 16.1 Å². The van der Waals surface area contributed by atoms with Crippen LogP contribution in [0.4, 0.5) is 10.6 Å². The van der Waals surface area contributed by atoms with Gasteiger partial charge in [0.15, 0.2) is 5.96 Å². The highest BCUT2D eigenvalue weighted by Crippen LogP contribution is 2.43. The van der Waals surface area contributed by atoms with Crippen molar-refractivity contribution in [2.45, 2.75) is 90.8 Å². The Hall–Kier alpha value is -7.48. The van der Waals surface area contributed by atoms with Crippen LogP contribution in [0.25, 0.3) is 66.8 Å². The number of nitrogens with zero attached hydrogens (tertiary/aromatic N) is 5. The van der Waals surface area contributed by atoms with Gasteiger partial charge in [-0.3, -0.25) is 15.4 Å². The van der Waals surface area contributed by atoms with E-state index in [-0.39, 0.29) is 50.3 Å². The van der Waals surface area contributed by atoms with Crippen LogP contribution in [0.2, 0.25) is 0 Å². The van der Waals surface area contributed by atoms with Gasteiger partial charge in [0.05, 0.1) is 39.0 Å². The highest BCUT2D eigenvalue weighted by molar-refractivity contribution is 9.12. The molecule has 1 amide bonds. The van der Waals surface area contributed by atoms with Crippen molar-refractivity contribution in [3.8, 4) is 49.7 Å². The summed E-state index contributed by atoms with van der Waals surface area (Å²) < 4.78 is 6.93. The maximum Gasteiger partial charge on any atom is 0.408 e. The fourth-order valence-corrected chi connectivity index (χ4v) is 8.96. The van der Waals surface area contributed by atoms with Gasteiger partial charge in [-0.15, -0.1) is 12.4 Å². The van der Waals surface area contributed by atoms with Gasteiger partial charge in [-0.25, -0.2) is 25.6 Å². The third kappa shape index (κ3) is 12.4. The minimum atomic E-state index is -0.537. The topological polar surface area (TPSA) is 244 Å². The summed E-state index contributed by atoms with van der Waals surface area (Å²) in [4.78, 5) is 28.6. The number of hydrogen-bond donors (Lipinski definition) is 7. The number of aromatic nitrogens is 4. The normalized spacial score (nSPS) is 13.7. The molecule has 0 saturated heterocycles. The Kier molecular flexibility index (Phi) is 18.4. The van der Waals surface area contributed by atoms with E-state index in [2.05, 4.69) is 98.4 Å². The first-order valence-electron chi connectivity index (χ1n) is 23.0. The summed E-state index contributed by atoms with van der Waals surface area (Å²) in [5.41, 5.74) is 26.7. The van der Waals surface area contributed by atoms with E-state index in [1.54, 1.807) is 17.1 Å². The van der Waals surface area contributed by atoms with E-state index in [1.165, 1.54) is 11.0 Å². The number of anilines is 1. The number of alkyl carbamates (subject to hydrolysis) is 1. The number of hydrazine groups is 1. The molecule has 0 radical (unpaired) electrons. The molecule has 4 heterocycles. The predicted octanol–water partition coefficient (Wildman–Crippen LogP) is 12.6. The lowest BCUT2D eigenvalue weighted by Crippen LogP contribution is -2.52. The molecule has 2 fully saturated rings. The Morgan fingerprint density at radius 3 is 1.67 bits per heavy atom. The number of amides is 1. The molecular weight excluding hydrogens is 1000 g/mol. The van der Waals surface area contributed by atoms with Gasteiger partial charge in [0.2, 0.25) is 0 Å². The smallest absolute Gasteiger partial charge is 0.408 e. The van der Waals surface area contributed by atoms with E-state index in [4.69, 9.17) is 48.1 Å². The van der Waals surface area contributed by atoms with Crippen LogP contribution in [0.5, 0.6) is 0 Å². The predicted molar refractivity (Wildman–Crippen MR) is 302 cm³/mol. The quantitative estimate of drug-likeness (QED) is 0.0328. The van der Waals surface area contributed by atoms with Gasteiger partial charge in [0.25, 0.3) is 0 Å². The van der Waals surface area contributed by atoms with Crippen LogP contribution in [0.3, 0.4) is 0 Å². The average Bonchev–Trinajstić information content (AvgIpc) is 3.34. The van der Waals surface area contributed by atoms with Crippen molar-refractivity contribution >= 4 is 68.3 Å². The SMILES string of the molecule is C.C.CC(C)(C)OC(=O)NC1(c2ccc(-c3nc4ccc(NN)nc4cc3-c3ccccc3)cc2)CCC1.Cl.N#CBr.N=C(N)n1c(=N)ccc2nc(-c3ccc(C4(N)CCC4)cc3)c(-c3ccccc3)cc21. The summed E-state index contributed by atoms with van der Waals surface area (Å²) in [5.74, 6) is 5.95. The second kappa shape index (κ2) is 23.8. The van der Waals surface area contributed by atoms with Gasteiger partial charge in [-0.2, -0.15) is 5.26 Å². The van der Waals surface area contributed by atoms with Crippen molar-refractivity contribution in [3.63, 3.8) is 0 Å². The molecule has 0 aliphatic heterocycles. The first kappa shape index (κ1) is 56.4. The third-order valence-electron chi connectivity index (χ3n) is 12.8. The number of fused-ring (bicyclic) bond motifs is 2. The van der Waals surface area contributed by atoms with E-state index in [0.29, 0.717) is 16.9 Å². The number of nitriles is 1. The number of nitrogen functional groups attached to an aromatic ring is 2. The minimum Gasteiger partial charge on any atom is -0.444 e. The molecule has 8 aromatic rings. The van der Waals surface area contributed by atoms with Crippen LogP contribution < -0.4 is 33.5 Å². The molecule has 14 nitrogen and oxygen atoms in total. The van der Waals surface area contributed by atoms with Gasteiger partial charge in [-0.05, 0) is 118 Å². The average molecular weight is 1060 g/mol. The van der Waals surface area contributed by atoms with Crippen molar-refractivity contribution in [2.75, 3.05) is 5.43 Å². The summed E-state index contributed by atoms with van der Waals surface area (Å²) in [6.07, 6.45) is 5.68. The van der Waals surface area contributed by atoms with Crippen LogP contribution >= 0.6 is 28.3 Å².